The maximum Gasteiger partial charge on any atom is 0.231 e. The third-order valence-corrected chi connectivity index (χ3v) is 5.76. The summed E-state index contributed by atoms with van der Waals surface area (Å²) in [7, 11) is 0. The van der Waals surface area contributed by atoms with Crippen molar-refractivity contribution in [2.24, 2.45) is 10.1 Å². The summed E-state index contributed by atoms with van der Waals surface area (Å²) in [5.41, 5.74) is 2.71. The maximum absolute atomic E-state index is 5.45. The Hall–Kier alpha value is -3.23. The molecule has 0 bridgehead atoms. The van der Waals surface area contributed by atoms with Gasteiger partial charge in [0, 0.05) is 11.6 Å². The van der Waals surface area contributed by atoms with Crippen molar-refractivity contribution in [1.29, 1.82) is 0 Å². The summed E-state index contributed by atoms with van der Waals surface area (Å²) in [6, 6.07) is 13.7. The molecule has 0 unspecified atom stereocenters. The fourth-order valence-corrected chi connectivity index (χ4v) is 4.38. The molecule has 1 aliphatic rings. The monoisotopic (exact) mass is 406 g/mol. The first-order valence-corrected chi connectivity index (χ1v) is 10.3. The lowest BCUT2D eigenvalue weighted by Crippen LogP contribution is -2.11. The van der Waals surface area contributed by atoms with Crippen LogP contribution >= 0.6 is 22.7 Å². The van der Waals surface area contributed by atoms with Gasteiger partial charge < -0.3 is 9.47 Å². The van der Waals surface area contributed by atoms with Crippen LogP contribution in [0, 0.1) is 0 Å². The quantitative estimate of drug-likeness (QED) is 0.468. The minimum atomic E-state index is 0.256. The number of nitrogens with zero attached hydrogens (tertiary/aromatic N) is 4. The molecule has 0 amide bonds. The van der Waals surface area contributed by atoms with E-state index < -0.39 is 0 Å². The van der Waals surface area contributed by atoms with Crippen molar-refractivity contribution in [2.45, 2.75) is 0 Å². The smallest absolute Gasteiger partial charge is 0.231 e. The van der Waals surface area contributed by atoms with Crippen LogP contribution < -0.4 is 14.3 Å². The first-order valence-electron chi connectivity index (χ1n) is 8.50. The Bertz CT molecular complexity index is 1190. The minimum Gasteiger partial charge on any atom is -0.454 e. The lowest BCUT2D eigenvalue weighted by molar-refractivity contribution is 0.174. The molecule has 1 aromatic carbocycles. The second kappa shape index (κ2) is 7.41. The Kier molecular flexibility index (Phi) is 4.48. The van der Waals surface area contributed by atoms with Crippen LogP contribution in [0.5, 0.6) is 11.5 Å². The zero-order chi connectivity index (χ0) is 18.8. The van der Waals surface area contributed by atoms with Crippen molar-refractivity contribution in [3.8, 4) is 22.1 Å². The van der Waals surface area contributed by atoms with Gasteiger partial charge in [0.1, 0.15) is 0 Å². The van der Waals surface area contributed by atoms with Crippen LogP contribution in [-0.4, -0.2) is 22.7 Å². The molecule has 0 N–H and O–H groups in total. The number of pyridine rings is 1. The van der Waals surface area contributed by atoms with Gasteiger partial charge in [0.15, 0.2) is 11.5 Å². The summed E-state index contributed by atoms with van der Waals surface area (Å²) in [5, 5.41) is 8.83. The molecule has 0 aliphatic carbocycles. The van der Waals surface area contributed by atoms with E-state index in [4.69, 9.17) is 19.6 Å². The average molecular weight is 406 g/mol. The number of ether oxygens (including phenoxy) is 2. The lowest BCUT2D eigenvalue weighted by atomic mass is 10.2. The number of hydrogen-bond donors (Lipinski definition) is 0. The van der Waals surface area contributed by atoms with Crippen molar-refractivity contribution in [2.75, 3.05) is 6.79 Å². The predicted molar refractivity (Wildman–Crippen MR) is 111 cm³/mol. The largest absolute Gasteiger partial charge is 0.454 e. The van der Waals surface area contributed by atoms with Gasteiger partial charge >= 0.3 is 0 Å². The fraction of sp³-hybridized carbons (Fsp3) is 0.0500. The van der Waals surface area contributed by atoms with E-state index in [1.165, 1.54) is 0 Å². The number of hydrogen-bond acceptors (Lipinski definition) is 7. The molecule has 5 rings (SSSR count). The molecule has 0 spiro atoms. The van der Waals surface area contributed by atoms with Crippen LogP contribution in [0.2, 0.25) is 0 Å². The maximum atomic E-state index is 5.45. The number of aromatic nitrogens is 2. The number of benzene rings is 1. The fourth-order valence-electron chi connectivity index (χ4n) is 2.73. The Balaban J connectivity index is 1.58. The van der Waals surface area contributed by atoms with Gasteiger partial charge in [-0.3, -0.25) is 4.98 Å². The SMILES string of the molecule is C(=N/n1c(-c2cccs2)csc1=Nc1cccnc1)/c1ccc2c(c1)OCO2. The Morgan fingerprint density at radius 1 is 1.07 bits per heavy atom. The molecular formula is C20H14N4O2S2. The standard InChI is InChI=1S/C20H14N4O2S2/c1-3-15(11-21-7-1)23-20-24(16(12-28-20)19-4-2-8-27-19)22-10-14-5-6-17-18(9-14)26-13-25-17/h1-12H,13H2/b22-10-,23-20?. The van der Waals surface area contributed by atoms with Crippen LogP contribution in [0.4, 0.5) is 5.69 Å². The van der Waals surface area contributed by atoms with Crippen molar-refractivity contribution >= 4 is 34.6 Å². The van der Waals surface area contributed by atoms with Crippen molar-refractivity contribution in [3.63, 3.8) is 0 Å². The molecule has 28 heavy (non-hydrogen) atoms. The minimum absolute atomic E-state index is 0.256. The van der Waals surface area contributed by atoms with Gasteiger partial charge in [-0.25, -0.2) is 9.67 Å². The number of thiophene rings is 1. The van der Waals surface area contributed by atoms with Crippen LogP contribution in [0.25, 0.3) is 10.6 Å². The third-order valence-electron chi connectivity index (χ3n) is 4.05. The summed E-state index contributed by atoms with van der Waals surface area (Å²) >= 11 is 3.21. The zero-order valence-electron chi connectivity index (χ0n) is 14.6. The molecule has 0 atom stereocenters. The molecule has 1 aliphatic heterocycles. The highest BCUT2D eigenvalue weighted by atomic mass is 32.1. The van der Waals surface area contributed by atoms with Crippen molar-refractivity contribution in [3.05, 3.63) is 76.0 Å². The van der Waals surface area contributed by atoms with E-state index in [0.29, 0.717) is 0 Å². The summed E-state index contributed by atoms with van der Waals surface area (Å²) < 4.78 is 12.7. The van der Waals surface area contributed by atoms with Crippen molar-refractivity contribution in [1.82, 2.24) is 9.66 Å². The first-order chi connectivity index (χ1) is 13.9. The van der Waals surface area contributed by atoms with E-state index in [9.17, 15) is 0 Å². The van der Waals surface area contributed by atoms with Crippen LogP contribution in [0.15, 0.2) is 75.7 Å². The Labute approximate surface area is 168 Å². The van der Waals surface area contributed by atoms with Gasteiger partial charge in [0.2, 0.25) is 11.6 Å². The number of thiazole rings is 1. The summed E-state index contributed by atoms with van der Waals surface area (Å²) in [6.07, 6.45) is 5.26. The van der Waals surface area contributed by atoms with Gasteiger partial charge in [0.05, 0.1) is 28.7 Å². The van der Waals surface area contributed by atoms with Crippen molar-refractivity contribution < 1.29 is 9.47 Å². The highest BCUT2D eigenvalue weighted by Crippen LogP contribution is 2.32. The van der Waals surface area contributed by atoms with E-state index in [0.717, 1.165) is 38.1 Å². The van der Waals surface area contributed by atoms with Gasteiger partial charge in [-0.1, -0.05) is 6.07 Å². The normalized spacial score (nSPS) is 13.5. The molecule has 138 valence electrons. The predicted octanol–water partition coefficient (Wildman–Crippen LogP) is 4.52. The summed E-state index contributed by atoms with van der Waals surface area (Å²) in [4.78, 5) is 10.7. The Morgan fingerprint density at radius 2 is 2.04 bits per heavy atom. The van der Waals surface area contributed by atoms with E-state index in [1.807, 2.05) is 41.1 Å². The molecule has 0 saturated carbocycles. The highest BCUT2D eigenvalue weighted by Gasteiger charge is 2.13. The Morgan fingerprint density at radius 3 is 2.89 bits per heavy atom. The van der Waals surface area contributed by atoms with Gasteiger partial charge in [-0.05, 0) is 47.3 Å². The molecule has 8 heteroatoms. The molecule has 4 aromatic rings. The molecule has 6 nitrogen and oxygen atoms in total. The highest BCUT2D eigenvalue weighted by molar-refractivity contribution is 7.14. The molecule has 4 heterocycles. The van der Waals surface area contributed by atoms with E-state index >= 15 is 0 Å². The number of rotatable bonds is 4. The summed E-state index contributed by atoms with van der Waals surface area (Å²) in [5.74, 6) is 1.49. The van der Waals surface area contributed by atoms with Crippen LogP contribution in [0.1, 0.15) is 5.56 Å². The molecule has 0 saturated heterocycles. The average Bonchev–Trinajstić information content (AvgIpc) is 3.47. The lowest BCUT2D eigenvalue weighted by Gasteiger charge is -2.02. The zero-order valence-corrected chi connectivity index (χ0v) is 16.2. The molecule has 3 aromatic heterocycles. The third kappa shape index (κ3) is 3.35. The molecule has 0 fully saturated rings. The van der Waals surface area contributed by atoms with Gasteiger partial charge in [-0.15, -0.1) is 22.7 Å². The van der Waals surface area contributed by atoms with E-state index in [-0.39, 0.29) is 6.79 Å². The van der Waals surface area contributed by atoms with E-state index in [2.05, 4.69) is 21.8 Å². The second-order valence-electron chi connectivity index (χ2n) is 5.87. The topological polar surface area (TPSA) is 61.0 Å². The molecule has 0 radical (unpaired) electrons. The first kappa shape index (κ1) is 16.9. The second-order valence-corrected chi connectivity index (χ2v) is 7.66. The van der Waals surface area contributed by atoms with E-state index in [1.54, 1.807) is 41.3 Å². The summed E-state index contributed by atoms with van der Waals surface area (Å²) in [6.45, 7) is 0.256. The molecular weight excluding hydrogens is 392 g/mol. The number of fused-ring (bicyclic) bond motifs is 1. The van der Waals surface area contributed by atoms with Gasteiger partial charge in [-0.2, -0.15) is 5.10 Å². The van der Waals surface area contributed by atoms with Crippen LogP contribution in [-0.2, 0) is 0 Å². The van der Waals surface area contributed by atoms with Crippen LogP contribution in [0.3, 0.4) is 0 Å². The van der Waals surface area contributed by atoms with Gasteiger partial charge in [0.25, 0.3) is 0 Å².